The molecule has 0 saturated carbocycles. The molecule has 1 N–H and O–H groups in total. The van der Waals surface area contributed by atoms with Gasteiger partial charge in [-0.15, -0.1) is 0 Å². The van der Waals surface area contributed by atoms with E-state index in [1.807, 2.05) is 0 Å². The van der Waals surface area contributed by atoms with Crippen LogP contribution in [0.25, 0.3) is 0 Å². The molecule has 0 radical (unpaired) electrons. The van der Waals surface area contributed by atoms with E-state index in [0.29, 0.717) is 6.04 Å². The number of ether oxygens (including phenoxy) is 1. The molecule has 15 heavy (non-hydrogen) atoms. The Morgan fingerprint density at radius 1 is 1.40 bits per heavy atom. The van der Waals surface area contributed by atoms with Gasteiger partial charge in [-0.3, -0.25) is 0 Å². The van der Waals surface area contributed by atoms with Gasteiger partial charge in [0.1, 0.15) is 0 Å². The third-order valence-electron chi connectivity index (χ3n) is 4.47. The van der Waals surface area contributed by atoms with Crippen molar-refractivity contribution in [2.75, 3.05) is 32.8 Å². The van der Waals surface area contributed by atoms with Gasteiger partial charge in [0.25, 0.3) is 0 Å². The molecular weight excluding hydrogens is 188 g/mol. The first-order valence-corrected chi connectivity index (χ1v) is 6.38. The van der Waals surface area contributed by atoms with Gasteiger partial charge in [0.15, 0.2) is 0 Å². The van der Waals surface area contributed by atoms with E-state index < -0.39 is 0 Å². The summed E-state index contributed by atoms with van der Waals surface area (Å²) in [6.07, 6.45) is 3.97. The van der Waals surface area contributed by atoms with E-state index in [4.69, 9.17) is 4.74 Å². The van der Waals surface area contributed by atoms with E-state index in [9.17, 15) is 0 Å². The zero-order chi connectivity index (χ0) is 10.3. The lowest BCUT2D eigenvalue weighted by molar-refractivity contribution is -0.157. The number of nitrogens with zero attached hydrogens (tertiary/aromatic N) is 1. The molecule has 3 saturated heterocycles. The highest BCUT2D eigenvalue weighted by Gasteiger charge is 2.46. The molecule has 4 unspecified atom stereocenters. The normalized spacial score (nSPS) is 50.6. The van der Waals surface area contributed by atoms with E-state index in [2.05, 4.69) is 17.1 Å². The van der Waals surface area contributed by atoms with Gasteiger partial charge < -0.3 is 15.0 Å². The van der Waals surface area contributed by atoms with Crippen LogP contribution in [0.15, 0.2) is 0 Å². The molecule has 1 spiro atoms. The van der Waals surface area contributed by atoms with Gasteiger partial charge in [0.2, 0.25) is 0 Å². The van der Waals surface area contributed by atoms with Crippen LogP contribution >= 0.6 is 0 Å². The highest BCUT2D eigenvalue weighted by Crippen LogP contribution is 2.38. The second kappa shape index (κ2) is 3.72. The van der Waals surface area contributed by atoms with Gasteiger partial charge in [-0.1, -0.05) is 0 Å². The summed E-state index contributed by atoms with van der Waals surface area (Å²) in [5.74, 6) is 0.778. The number of hydrogen-bond donors (Lipinski definition) is 1. The highest BCUT2D eigenvalue weighted by atomic mass is 16.5. The van der Waals surface area contributed by atoms with Gasteiger partial charge in [0.05, 0.1) is 12.2 Å². The van der Waals surface area contributed by atoms with Crippen LogP contribution in [0.5, 0.6) is 0 Å². The van der Waals surface area contributed by atoms with Crippen molar-refractivity contribution in [3.63, 3.8) is 0 Å². The van der Waals surface area contributed by atoms with E-state index in [1.54, 1.807) is 0 Å². The Balaban J connectivity index is 1.74. The first kappa shape index (κ1) is 10.1. The summed E-state index contributed by atoms with van der Waals surface area (Å²) in [4.78, 5) is 2.61. The lowest BCUT2D eigenvalue weighted by atomic mass is 9.75. The van der Waals surface area contributed by atoms with Gasteiger partial charge >= 0.3 is 0 Å². The quantitative estimate of drug-likeness (QED) is 0.641. The third-order valence-corrected chi connectivity index (χ3v) is 4.47. The van der Waals surface area contributed by atoms with Crippen LogP contribution in [-0.2, 0) is 4.74 Å². The number of nitrogens with one attached hydrogen (secondary N) is 1. The summed E-state index contributed by atoms with van der Waals surface area (Å²) >= 11 is 0. The second-order valence-corrected chi connectivity index (χ2v) is 5.55. The zero-order valence-corrected chi connectivity index (χ0v) is 9.67. The fourth-order valence-corrected chi connectivity index (χ4v) is 3.41. The van der Waals surface area contributed by atoms with Gasteiger partial charge in [0, 0.05) is 31.6 Å². The van der Waals surface area contributed by atoms with Crippen molar-refractivity contribution in [2.24, 2.45) is 5.92 Å². The first-order valence-electron chi connectivity index (χ1n) is 6.38. The molecule has 0 aromatic carbocycles. The molecule has 3 heteroatoms. The molecule has 3 aliphatic rings. The molecule has 0 amide bonds. The van der Waals surface area contributed by atoms with Crippen molar-refractivity contribution in [2.45, 2.75) is 37.8 Å². The van der Waals surface area contributed by atoms with Crippen LogP contribution in [-0.4, -0.2) is 49.3 Å². The maximum absolute atomic E-state index is 6.22. The van der Waals surface area contributed by atoms with Gasteiger partial charge in [-0.25, -0.2) is 0 Å². The maximum Gasteiger partial charge on any atom is 0.0859 e. The summed E-state index contributed by atoms with van der Waals surface area (Å²) in [6.45, 7) is 8.02. The molecule has 86 valence electrons. The van der Waals surface area contributed by atoms with E-state index >= 15 is 0 Å². The van der Waals surface area contributed by atoms with Gasteiger partial charge in [-0.05, 0) is 32.7 Å². The summed E-state index contributed by atoms with van der Waals surface area (Å²) in [7, 11) is 0. The van der Waals surface area contributed by atoms with Crippen LogP contribution in [0.2, 0.25) is 0 Å². The Bertz CT molecular complexity index is 230. The highest BCUT2D eigenvalue weighted by molar-refractivity contribution is 5.00. The summed E-state index contributed by atoms with van der Waals surface area (Å²) in [6, 6.07) is 0.539. The lowest BCUT2D eigenvalue weighted by Gasteiger charge is -2.53. The molecule has 4 atom stereocenters. The molecule has 3 aliphatic heterocycles. The van der Waals surface area contributed by atoms with Crippen molar-refractivity contribution in [3.8, 4) is 0 Å². The number of morpholine rings is 1. The lowest BCUT2D eigenvalue weighted by Crippen LogP contribution is -2.64. The van der Waals surface area contributed by atoms with Crippen molar-refractivity contribution in [1.29, 1.82) is 0 Å². The molecule has 3 heterocycles. The maximum atomic E-state index is 6.22. The zero-order valence-electron chi connectivity index (χ0n) is 9.67. The smallest absolute Gasteiger partial charge is 0.0859 e. The minimum Gasteiger partial charge on any atom is -0.372 e. The monoisotopic (exact) mass is 210 g/mol. The Morgan fingerprint density at radius 3 is 3.13 bits per heavy atom. The van der Waals surface area contributed by atoms with Crippen molar-refractivity contribution in [3.05, 3.63) is 0 Å². The van der Waals surface area contributed by atoms with E-state index in [0.717, 1.165) is 19.1 Å². The van der Waals surface area contributed by atoms with Crippen LogP contribution in [0.1, 0.15) is 26.2 Å². The van der Waals surface area contributed by atoms with Gasteiger partial charge in [-0.2, -0.15) is 0 Å². The average molecular weight is 210 g/mol. The number of piperidine rings is 2. The van der Waals surface area contributed by atoms with Crippen molar-refractivity contribution in [1.82, 2.24) is 10.2 Å². The number of fused-ring (bicyclic) bond motifs is 3. The molecule has 3 fully saturated rings. The molecular formula is C12H22N2O. The molecule has 0 aliphatic carbocycles. The SMILES string of the molecule is CC1COC2(CCN3CCCC2C3)CN1. The molecule has 0 aromatic rings. The Labute approximate surface area is 92.2 Å². The number of rotatable bonds is 0. The summed E-state index contributed by atoms with van der Waals surface area (Å²) in [5.41, 5.74) is 0.184. The Morgan fingerprint density at radius 2 is 2.33 bits per heavy atom. The van der Waals surface area contributed by atoms with Crippen LogP contribution in [0.3, 0.4) is 0 Å². The van der Waals surface area contributed by atoms with Crippen LogP contribution in [0.4, 0.5) is 0 Å². The minimum atomic E-state index is 0.184. The van der Waals surface area contributed by atoms with Crippen LogP contribution < -0.4 is 5.32 Å². The fraction of sp³-hybridized carbons (Fsp3) is 1.00. The molecule has 3 nitrogen and oxygen atoms in total. The van der Waals surface area contributed by atoms with E-state index in [-0.39, 0.29) is 5.60 Å². The second-order valence-electron chi connectivity index (χ2n) is 5.55. The third kappa shape index (κ3) is 1.71. The predicted molar refractivity (Wildman–Crippen MR) is 59.9 cm³/mol. The fourth-order valence-electron chi connectivity index (χ4n) is 3.41. The van der Waals surface area contributed by atoms with Crippen LogP contribution in [0, 0.1) is 5.92 Å². The minimum absolute atomic E-state index is 0.184. The first-order chi connectivity index (χ1) is 7.28. The Hall–Kier alpha value is -0.120. The predicted octanol–water partition coefficient (Wildman–Crippen LogP) is 0.849. The van der Waals surface area contributed by atoms with Crippen molar-refractivity contribution >= 4 is 0 Å². The number of hydrogen-bond acceptors (Lipinski definition) is 3. The standard InChI is InChI=1S/C12H22N2O/c1-10-8-15-12(9-13-10)4-6-14-5-2-3-11(12)7-14/h10-11,13H,2-9H2,1H3. The Kier molecular flexibility index (Phi) is 2.49. The topological polar surface area (TPSA) is 24.5 Å². The van der Waals surface area contributed by atoms with E-state index in [1.165, 1.54) is 38.9 Å². The molecule has 2 bridgehead atoms. The summed E-state index contributed by atoms with van der Waals surface area (Å²) in [5, 5.41) is 3.60. The molecule has 3 rings (SSSR count). The summed E-state index contributed by atoms with van der Waals surface area (Å²) < 4.78 is 6.22. The average Bonchev–Trinajstić information content (AvgIpc) is 2.28. The largest absolute Gasteiger partial charge is 0.372 e. The van der Waals surface area contributed by atoms with Crippen molar-refractivity contribution < 1.29 is 4.74 Å². The molecule has 0 aromatic heterocycles.